The average Bonchev–Trinajstić information content (AvgIpc) is 3.33. The molecule has 0 radical (unpaired) electrons. The second kappa shape index (κ2) is 7.33. The van der Waals surface area contributed by atoms with E-state index in [1.807, 2.05) is 37.4 Å². The monoisotopic (exact) mass is 409 g/mol. The molecule has 1 aromatic carbocycles. The van der Waals surface area contributed by atoms with Crippen molar-refractivity contribution in [3.8, 4) is 5.88 Å². The number of carbonyl (C=O) groups excluding carboxylic acids is 1. The Morgan fingerprint density at radius 1 is 1.27 bits per heavy atom. The maximum atomic E-state index is 12.7. The molecule has 9 nitrogen and oxygen atoms in total. The number of nitrogens with one attached hydrogen (secondary N) is 1. The quantitative estimate of drug-likeness (QED) is 0.685. The zero-order chi connectivity index (χ0) is 21.6. The molecule has 1 aliphatic rings. The minimum absolute atomic E-state index is 0.0901. The van der Waals surface area contributed by atoms with Crippen molar-refractivity contribution in [3.05, 3.63) is 62.4 Å². The lowest BCUT2D eigenvalue weighted by Crippen LogP contribution is -2.32. The number of carbonyl (C=O) groups is 1. The number of benzene rings is 1. The number of aromatic nitrogens is 3. The molecular weight excluding hydrogens is 386 g/mol. The minimum Gasteiger partial charge on any atom is -0.494 e. The van der Waals surface area contributed by atoms with Gasteiger partial charge in [-0.3, -0.25) is 19.1 Å². The smallest absolute Gasteiger partial charge is 0.330 e. The Bertz CT molecular complexity index is 1300. The third-order valence-electron chi connectivity index (χ3n) is 5.57. The second-order valence-corrected chi connectivity index (χ2v) is 7.26. The number of amides is 1. The predicted molar refractivity (Wildman–Crippen MR) is 113 cm³/mol. The lowest BCUT2D eigenvalue weighted by molar-refractivity contribution is -0.132. The van der Waals surface area contributed by atoms with Gasteiger partial charge >= 0.3 is 5.69 Å². The standard InChI is InChI=1S/C21H23N5O4/c1-4-17(27)26-16(13-11-25(5-2)15-9-7-6-8-12(13)15)10-14(23-26)18-19(28)22-21(30)24(3)20(18)29/h6-9,11,16,29H,4-5,10H2,1-3H3,(H,22,28,30)/t16-/m0/s1. The molecule has 0 spiro atoms. The number of para-hydroxylation sites is 1. The van der Waals surface area contributed by atoms with E-state index in [1.54, 1.807) is 6.92 Å². The summed E-state index contributed by atoms with van der Waals surface area (Å²) in [7, 11) is 1.36. The first-order chi connectivity index (χ1) is 14.4. The van der Waals surface area contributed by atoms with E-state index in [2.05, 4.69) is 14.7 Å². The number of nitrogens with zero attached hydrogens (tertiary/aromatic N) is 4. The van der Waals surface area contributed by atoms with Gasteiger partial charge in [0.1, 0.15) is 5.56 Å². The van der Waals surface area contributed by atoms with Crippen LogP contribution in [-0.2, 0) is 18.4 Å². The average molecular weight is 409 g/mol. The second-order valence-electron chi connectivity index (χ2n) is 7.26. The minimum atomic E-state index is -0.727. The molecule has 0 unspecified atom stereocenters. The van der Waals surface area contributed by atoms with Crippen molar-refractivity contribution in [3.63, 3.8) is 0 Å². The Morgan fingerprint density at radius 3 is 2.70 bits per heavy atom. The summed E-state index contributed by atoms with van der Waals surface area (Å²) in [5.41, 5.74) is 0.708. The maximum Gasteiger partial charge on any atom is 0.330 e. The van der Waals surface area contributed by atoms with Crippen LogP contribution in [0.5, 0.6) is 5.88 Å². The normalized spacial score (nSPS) is 16.3. The Labute approximate surface area is 171 Å². The fourth-order valence-corrected chi connectivity index (χ4v) is 3.97. The van der Waals surface area contributed by atoms with Crippen molar-refractivity contribution >= 4 is 22.5 Å². The summed E-state index contributed by atoms with van der Waals surface area (Å²) >= 11 is 0. The lowest BCUT2D eigenvalue weighted by Gasteiger charge is -2.21. The lowest BCUT2D eigenvalue weighted by atomic mass is 9.98. The molecule has 1 amide bonds. The van der Waals surface area contributed by atoms with Crippen LogP contribution in [0.15, 0.2) is 45.2 Å². The van der Waals surface area contributed by atoms with Crippen LogP contribution in [0.25, 0.3) is 10.9 Å². The van der Waals surface area contributed by atoms with Crippen molar-refractivity contribution in [1.82, 2.24) is 19.1 Å². The number of H-pyrrole nitrogens is 1. The number of aryl methyl sites for hydroxylation is 1. The van der Waals surface area contributed by atoms with E-state index in [1.165, 1.54) is 12.1 Å². The van der Waals surface area contributed by atoms with Gasteiger partial charge in [0.2, 0.25) is 11.8 Å². The molecule has 156 valence electrons. The molecule has 1 aliphatic heterocycles. The van der Waals surface area contributed by atoms with Crippen molar-refractivity contribution in [2.45, 2.75) is 39.3 Å². The molecule has 2 N–H and O–H groups in total. The van der Waals surface area contributed by atoms with Crippen LogP contribution in [-0.4, -0.2) is 35.9 Å². The molecular formula is C21H23N5O4. The molecule has 1 atom stereocenters. The highest BCUT2D eigenvalue weighted by Crippen LogP contribution is 2.38. The zero-order valence-electron chi connectivity index (χ0n) is 17.0. The number of hydrazone groups is 1. The first kappa shape index (κ1) is 19.7. The van der Waals surface area contributed by atoms with Gasteiger partial charge in [-0.25, -0.2) is 9.80 Å². The molecule has 0 aliphatic carbocycles. The number of aromatic amines is 1. The van der Waals surface area contributed by atoms with Crippen LogP contribution in [0.3, 0.4) is 0 Å². The number of fused-ring (bicyclic) bond motifs is 1. The van der Waals surface area contributed by atoms with Crippen molar-refractivity contribution in [2.24, 2.45) is 12.1 Å². The van der Waals surface area contributed by atoms with Gasteiger partial charge in [-0.1, -0.05) is 25.1 Å². The van der Waals surface area contributed by atoms with Crippen LogP contribution < -0.4 is 11.2 Å². The van der Waals surface area contributed by atoms with E-state index < -0.39 is 23.2 Å². The van der Waals surface area contributed by atoms with Gasteiger partial charge in [-0.05, 0) is 13.0 Å². The molecule has 3 heterocycles. The van der Waals surface area contributed by atoms with E-state index in [4.69, 9.17) is 0 Å². The summed E-state index contributed by atoms with van der Waals surface area (Å²) in [4.78, 5) is 39.1. The Kier molecular flexibility index (Phi) is 4.81. The first-order valence-corrected chi connectivity index (χ1v) is 9.87. The maximum absolute atomic E-state index is 12.7. The van der Waals surface area contributed by atoms with Crippen LogP contribution in [0.1, 0.15) is 43.9 Å². The molecule has 4 rings (SSSR count). The Morgan fingerprint density at radius 2 is 2.00 bits per heavy atom. The van der Waals surface area contributed by atoms with E-state index in [9.17, 15) is 19.5 Å². The van der Waals surface area contributed by atoms with E-state index in [0.29, 0.717) is 0 Å². The summed E-state index contributed by atoms with van der Waals surface area (Å²) in [5.74, 6) is -0.660. The third-order valence-corrected chi connectivity index (χ3v) is 5.57. The van der Waals surface area contributed by atoms with Crippen molar-refractivity contribution in [2.75, 3.05) is 0 Å². The molecule has 0 bridgehead atoms. The first-order valence-electron chi connectivity index (χ1n) is 9.87. The fraction of sp³-hybridized carbons (Fsp3) is 0.333. The van der Waals surface area contributed by atoms with Crippen molar-refractivity contribution < 1.29 is 9.90 Å². The van der Waals surface area contributed by atoms with Crippen molar-refractivity contribution in [1.29, 1.82) is 0 Å². The summed E-state index contributed by atoms with van der Waals surface area (Å²) in [6.07, 6.45) is 2.50. The van der Waals surface area contributed by atoms with Gasteiger partial charge < -0.3 is 9.67 Å². The van der Waals surface area contributed by atoms with E-state index in [0.717, 1.165) is 27.6 Å². The van der Waals surface area contributed by atoms with Gasteiger partial charge in [0.25, 0.3) is 5.56 Å². The highest BCUT2D eigenvalue weighted by molar-refractivity contribution is 6.05. The Hall–Kier alpha value is -3.62. The highest BCUT2D eigenvalue weighted by Gasteiger charge is 2.36. The molecule has 0 saturated carbocycles. The molecule has 0 saturated heterocycles. The third kappa shape index (κ3) is 2.94. The zero-order valence-corrected chi connectivity index (χ0v) is 17.0. The summed E-state index contributed by atoms with van der Waals surface area (Å²) < 4.78 is 3.05. The van der Waals surface area contributed by atoms with Gasteiger partial charge in [0.15, 0.2) is 0 Å². The van der Waals surface area contributed by atoms with Gasteiger partial charge in [-0.2, -0.15) is 5.10 Å². The number of hydrogen-bond donors (Lipinski definition) is 2. The van der Waals surface area contributed by atoms with E-state index >= 15 is 0 Å². The van der Waals surface area contributed by atoms with Crippen LogP contribution in [0.2, 0.25) is 0 Å². The van der Waals surface area contributed by atoms with Crippen LogP contribution >= 0.6 is 0 Å². The number of hydrogen-bond acceptors (Lipinski definition) is 5. The molecule has 9 heteroatoms. The largest absolute Gasteiger partial charge is 0.494 e. The molecule has 30 heavy (non-hydrogen) atoms. The van der Waals surface area contributed by atoms with Gasteiger partial charge in [0.05, 0.1) is 11.8 Å². The fourth-order valence-electron chi connectivity index (χ4n) is 3.97. The molecule has 3 aromatic rings. The van der Waals surface area contributed by atoms with Gasteiger partial charge in [-0.15, -0.1) is 0 Å². The summed E-state index contributed by atoms with van der Waals surface area (Å²) in [6, 6.07) is 7.51. The topological polar surface area (TPSA) is 113 Å². The van der Waals surface area contributed by atoms with Crippen LogP contribution in [0, 0.1) is 0 Å². The van der Waals surface area contributed by atoms with Gasteiger partial charge in [0, 0.05) is 49.1 Å². The summed E-state index contributed by atoms with van der Waals surface area (Å²) in [5, 5.41) is 17.2. The Balaban J connectivity index is 1.87. The molecule has 0 fully saturated rings. The number of rotatable bonds is 4. The molecule has 2 aromatic heterocycles. The van der Waals surface area contributed by atoms with Crippen LogP contribution in [0.4, 0.5) is 0 Å². The summed E-state index contributed by atoms with van der Waals surface area (Å²) in [6.45, 7) is 4.56. The highest BCUT2D eigenvalue weighted by atomic mass is 16.3. The SMILES string of the molecule is CCC(=O)N1N=C(c2c(O)n(C)c(=O)[nH]c2=O)C[C@H]1c1cn(CC)c2ccccc12. The predicted octanol–water partition coefficient (Wildman–Crippen LogP) is 1.84. The number of aromatic hydroxyl groups is 1. The van der Waals surface area contributed by atoms with E-state index in [-0.39, 0.29) is 30.0 Å².